The molecule has 3 aromatic heterocycles. The number of benzene rings is 1. The van der Waals surface area contributed by atoms with Crippen molar-refractivity contribution in [1.82, 2.24) is 29.5 Å². The number of nitrogens with zero attached hydrogens (tertiary/aromatic N) is 6. The molecule has 9 heteroatoms. The van der Waals surface area contributed by atoms with E-state index >= 15 is 0 Å². The molecule has 29 heavy (non-hydrogen) atoms. The van der Waals surface area contributed by atoms with E-state index in [4.69, 9.17) is 5.73 Å². The van der Waals surface area contributed by atoms with Crippen molar-refractivity contribution in [2.24, 2.45) is 20.0 Å². The summed E-state index contributed by atoms with van der Waals surface area (Å²) in [5.41, 5.74) is 10.2. The summed E-state index contributed by atoms with van der Waals surface area (Å²) in [6.45, 7) is 0. The smallest absolute Gasteiger partial charge is 0.227 e. The minimum Gasteiger partial charge on any atom is -0.369 e. The van der Waals surface area contributed by atoms with Gasteiger partial charge in [0.25, 0.3) is 0 Å². The first-order valence-corrected chi connectivity index (χ1v) is 9.40. The monoisotopic (exact) mass is 388 g/mol. The minimum atomic E-state index is 0.0316. The molecule has 0 radical (unpaired) electrons. The number of nitrogens with two attached hydrogens (primary N) is 1. The standard InChI is InChI=1S/C20H20N8O/c1-27-10-15(23-19(29)11-6-7-11)18(26-27)14-8-12-4-3-5-13(17(12)25-24-14)16-9-22-20(21)28(16)2/h3-5,8-11H,6-7H2,1-2H3,(H2,21,22)(H,23,29). The third-order valence-electron chi connectivity index (χ3n) is 5.19. The van der Waals surface area contributed by atoms with Gasteiger partial charge in [-0.1, -0.05) is 18.2 Å². The summed E-state index contributed by atoms with van der Waals surface area (Å²) in [5.74, 6) is 0.579. The van der Waals surface area contributed by atoms with Crippen LogP contribution in [0.3, 0.4) is 0 Å². The number of nitrogens with one attached hydrogen (secondary N) is 1. The maximum absolute atomic E-state index is 12.2. The number of hydrogen-bond donors (Lipinski definition) is 2. The number of imidazole rings is 1. The number of carbonyl (C=O) groups is 1. The summed E-state index contributed by atoms with van der Waals surface area (Å²) < 4.78 is 3.48. The van der Waals surface area contributed by atoms with Crippen molar-refractivity contribution in [1.29, 1.82) is 0 Å². The average Bonchev–Trinajstić information content (AvgIpc) is 3.43. The van der Waals surface area contributed by atoms with E-state index in [0.717, 1.165) is 35.0 Å². The van der Waals surface area contributed by atoms with Gasteiger partial charge in [0.1, 0.15) is 16.9 Å². The van der Waals surface area contributed by atoms with Gasteiger partial charge in [0.15, 0.2) is 5.95 Å². The zero-order valence-corrected chi connectivity index (χ0v) is 16.1. The van der Waals surface area contributed by atoms with Crippen molar-refractivity contribution in [2.45, 2.75) is 12.8 Å². The Morgan fingerprint density at radius 1 is 1.24 bits per heavy atom. The van der Waals surface area contributed by atoms with Crippen LogP contribution in [0.1, 0.15) is 12.8 Å². The Labute approximate surface area is 166 Å². The molecule has 1 amide bonds. The first-order chi connectivity index (χ1) is 14.0. The molecule has 1 aromatic carbocycles. The highest BCUT2D eigenvalue weighted by Crippen LogP contribution is 2.33. The summed E-state index contributed by atoms with van der Waals surface area (Å²) in [4.78, 5) is 16.4. The van der Waals surface area contributed by atoms with E-state index in [-0.39, 0.29) is 11.8 Å². The Balaban J connectivity index is 1.58. The third-order valence-corrected chi connectivity index (χ3v) is 5.19. The molecule has 3 heterocycles. The Bertz CT molecular complexity index is 1250. The highest BCUT2D eigenvalue weighted by atomic mass is 16.2. The van der Waals surface area contributed by atoms with Crippen LogP contribution in [0.5, 0.6) is 0 Å². The highest BCUT2D eigenvalue weighted by molar-refractivity contribution is 5.98. The maximum Gasteiger partial charge on any atom is 0.227 e. The normalized spacial score (nSPS) is 13.7. The van der Waals surface area contributed by atoms with E-state index in [1.807, 2.05) is 42.9 Å². The fourth-order valence-electron chi connectivity index (χ4n) is 3.42. The van der Waals surface area contributed by atoms with Crippen molar-refractivity contribution in [3.63, 3.8) is 0 Å². The zero-order chi connectivity index (χ0) is 20.1. The number of amides is 1. The molecule has 0 saturated heterocycles. The predicted molar refractivity (Wildman–Crippen MR) is 110 cm³/mol. The van der Waals surface area contributed by atoms with E-state index in [2.05, 4.69) is 25.6 Å². The quantitative estimate of drug-likeness (QED) is 0.554. The van der Waals surface area contributed by atoms with Crippen LogP contribution in [0.2, 0.25) is 0 Å². The molecular weight excluding hydrogens is 368 g/mol. The van der Waals surface area contributed by atoms with Crippen molar-refractivity contribution >= 4 is 28.4 Å². The lowest BCUT2D eigenvalue weighted by Gasteiger charge is -2.08. The van der Waals surface area contributed by atoms with Gasteiger partial charge in [-0.05, 0) is 18.9 Å². The summed E-state index contributed by atoms with van der Waals surface area (Å²) in [6.07, 6.45) is 5.40. The van der Waals surface area contributed by atoms with Gasteiger partial charge in [-0.3, -0.25) is 9.48 Å². The first-order valence-electron chi connectivity index (χ1n) is 9.40. The number of nitrogen functional groups attached to an aromatic ring is 1. The largest absolute Gasteiger partial charge is 0.369 e. The average molecular weight is 388 g/mol. The molecule has 4 aromatic rings. The van der Waals surface area contributed by atoms with Crippen LogP contribution in [0.4, 0.5) is 11.6 Å². The number of anilines is 2. The van der Waals surface area contributed by atoms with Gasteiger partial charge in [-0.25, -0.2) is 4.98 Å². The molecule has 1 saturated carbocycles. The summed E-state index contributed by atoms with van der Waals surface area (Å²) >= 11 is 0. The Kier molecular flexibility index (Phi) is 3.83. The van der Waals surface area contributed by atoms with Crippen molar-refractivity contribution in [3.05, 3.63) is 36.7 Å². The number of hydrogen-bond acceptors (Lipinski definition) is 6. The highest BCUT2D eigenvalue weighted by Gasteiger charge is 2.30. The van der Waals surface area contributed by atoms with Gasteiger partial charge in [0.2, 0.25) is 5.91 Å². The fraction of sp³-hybridized carbons (Fsp3) is 0.250. The molecular formula is C20H20N8O. The molecule has 0 spiro atoms. The SMILES string of the molecule is Cn1cc(NC(=O)C2CC2)c(-c2cc3cccc(-c4cnc(N)n4C)c3nn2)n1. The van der Waals surface area contributed by atoms with Gasteiger partial charge in [0.05, 0.1) is 17.6 Å². The molecule has 0 aliphatic heterocycles. The zero-order valence-electron chi connectivity index (χ0n) is 16.1. The topological polar surface area (TPSA) is 117 Å². The van der Waals surface area contributed by atoms with Crippen molar-refractivity contribution in [3.8, 4) is 22.6 Å². The third kappa shape index (κ3) is 3.00. The molecule has 0 atom stereocenters. The summed E-state index contributed by atoms with van der Waals surface area (Å²) in [6, 6.07) is 7.83. The molecule has 3 N–H and O–H groups in total. The van der Waals surface area contributed by atoms with Gasteiger partial charge in [-0.15, -0.1) is 10.2 Å². The Morgan fingerprint density at radius 3 is 2.79 bits per heavy atom. The van der Waals surface area contributed by atoms with Crippen LogP contribution < -0.4 is 11.1 Å². The summed E-state index contributed by atoms with van der Waals surface area (Å²) in [7, 11) is 3.68. The number of rotatable bonds is 4. The second-order valence-corrected chi connectivity index (χ2v) is 7.36. The molecule has 1 aliphatic rings. The van der Waals surface area contributed by atoms with E-state index < -0.39 is 0 Å². The van der Waals surface area contributed by atoms with E-state index in [0.29, 0.717) is 23.0 Å². The lowest BCUT2D eigenvalue weighted by Crippen LogP contribution is -2.13. The molecule has 1 aliphatic carbocycles. The van der Waals surface area contributed by atoms with Gasteiger partial charge in [0, 0.05) is 37.2 Å². The van der Waals surface area contributed by atoms with Crippen molar-refractivity contribution < 1.29 is 4.79 Å². The number of aromatic nitrogens is 6. The molecule has 5 rings (SSSR count). The van der Waals surface area contributed by atoms with Crippen LogP contribution in [0.15, 0.2) is 36.7 Å². The molecule has 0 unspecified atom stereocenters. The number of aryl methyl sites for hydroxylation is 1. The van der Waals surface area contributed by atoms with Crippen LogP contribution >= 0.6 is 0 Å². The summed E-state index contributed by atoms with van der Waals surface area (Å²) in [5, 5.41) is 17.2. The van der Waals surface area contributed by atoms with Crippen LogP contribution in [0, 0.1) is 5.92 Å². The van der Waals surface area contributed by atoms with Gasteiger partial charge >= 0.3 is 0 Å². The van der Waals surface area contributed by atoms with Gasteiger partial charge in [-0.2, -0.15) is 5.10 Å². The number of fused-ring (bicyclic) bond motifs is 1. The first kappa shape index (κ1) is 17.4. The van der Waals surface area contributed by atoms with E-state index in [9.17, 15) is 4.79 Å². The second kappa shape index (κ2) is 6.40. The fourth-order valence-corrected chi connectivity index (χ4v) is 3.42. The van der Waals surface area contributed by atoms with Crippen LogP contribution in [-0.2, 0) is 18.9 Å². The lowest BCUT2D eigenvalue weighted by atomic mass is 10.1. The Morgan fingerprint density at radius 2 is 2.07 bits per heavy atom. The van der Waals surface area contributed by atoms with E-state index in [1.165, 1.54) is 0 Å². The van der Waals surface area contributed by atoms with Gasteiger partial charge < -0.3 is 15.6 Å². The molecule has 146 valence electrons. The minimum absolute atomic E-state index is 0.0316. The Hall–Kier alpha value is -3.75. The molecule has 1 fully saturated rings. The predicted octanol–water partition coefficient (Wildman–Crippen LogP) is 2.36. The van der Waals surface area contributed by atoms with Crippen LogP contribution in [-0.4, -0.2) is 35.4 Å². The molecule has 0 bridgehead atoms. The maximum atomic E-state index is 12.2. The van der Waals surface area contributed by atoms with Crippen LogP contribution in [0.25, 0.3) is 33.5 Å². The molecule has 9 nitrogen and oxygen atoms in total. The lowest BCUT2D eigenvalue weighted by molar-refractivity contribution is -0.117. The second-order valence-electron chi connectivity index (χ2n) is 7.36. The number of carbonyl (C=O) groups excluding carboxylic acids is 1. The van der Waals surface area contributed by atoms with E-state index in [1.54, 1.807) is 17.1 Å². The van der Waals surface area contributed by atoms with Crippen molar-refractivity contribution in [2.75, 3.05) is 11.1 Å².